The third kappa shape index (κ3) is 4.72. The molecule has 33 heavy (non-hydrogen) atoms. The maximum absolute atomic E-state index is 12.7. The van der Waals surface area contributed by atoms with E-state index >= 15 is 0 Å². The highest BCUT2D eigenvalue weighted by molar-refractivity contribution is 6.00. The van der Waals surface area contributed by atoms with Crippen LogP contribution < -0.4 is 21.7 Å². The lowest BCUT2D eigenvalue weighted by Crippen LogP contribution is -2.47. The summed E-state index contributed by atoms with van der Waals surface area (Å²) in [4.78, 5) is 24.4. The lowest BCUT2D eigenvalue weighted by atomic mass is 10.0. The van der Waals surface area contributed by atoms with Crippen molar-refractivity contribution in [1.82, 2.24) is 25.7 Å². The molecule has 0 unspecified atom stereocenters. The van der Waals surface area contributed by atoms with Crippen molar-refractivity contribution in [2.24, 2.45) is 5.73 Å². The minimum atomic E-state index is -0.593. The average molecular weight is 444 g/mol. The van der Waals surface area contributed by atoms with Crippen LogP contribution in [0.4, 0.5) is 4.79 Å². The molecule has 1 atom stereocenters. The second-order valence-corrected chi connectivity index (χ2v) is 7.73. The summed E-state index contributed by atoms with van der Waals surface area (Å²) >= 11 is 0. The summed E-state index contributed by atoms with van der Waals surface area (Å²) in [5, 5.41) is 22.4. The van der Waals surface area contributed by atoms with E-state index in [0.717, 1.165) is 16.7 Å². The second-order valence-electron chi connectivity index (χ2n) is 7.73. The number of nitrogens with one attached hydrogen (secondary N) is 3. The third-order valence-corrected chi connectivity index (χ3v) is 5.32. The van der Waals surface area contributed by atoms with Gasteiger partial charge in [-0.05, 0) is 30.2 Å². The number of hydrogen-bond acceptors (Lipinski definition) is 5. The Morgan fingerprint density at radius 2 is 1.97 bits per heavy atom. The molecular weight excluding hydrogens is 420 g/mol. The van der Waals surface area contributed by atoms with E-state index in [4.69, 9.17) is 5.73 Å². The van der Waals surface area contributed by atoms with Crippen LogP contribution in [-0.2, 0) is 11.3 Å². The van der Waals surface area contributed by atoms with Gasteiger partial charge in [-0.2, -0.15) is 5.10 Å². The van der Waals surface area contributed by atoms with Gasteiger partial charge in [-0.3, -0.25) is 9.48 Å². The standard InChI is InChI=1S/C24H24N6O3/c1-14(27-23(32)22-21(25)15(2)28-24(33)29-22)19-10-17(8-9-20(19)31)18-11-26-30(13-18)12-16-6-4-3-5-7-16/h3-11,13-14,31H,2,12,25H2,1H3,(H,27,32)(H2,28,29,33)/t14-/m1/s1. The zero-order chi connectivity index (χ0) is 23.5. The summed E-state index contributed by atoms with van der Waals surface area (Å²) in [7, 11) is 0. The normalized spacial score (nSPS) is 14.5. The molecule has 168 valence electrons. The molecule has 0 bridgehead atoms. The number of carbonyl (C=O) groups excluding carboxylic acids is 2. The van der Waals surface area contributed by atoms with Crippen LogP contribution in [0.2, 0.25) is 0 Å². The number of aromatic nitrogens is 2. The van der Waals surface area contributed by atoms with Crippen molar-refractivity contribution < 1.29 is 14.7 Å². The van der Waals surface area contributed by atoms with Crippen LogP contribution in [0.1, 0.15) is 24.1 Å². The quantitative estimate of drug-likeness (QED) is 0.398. The summed E-state index contributed by atoms with van der Waals surface area (Å²) in [5.74, 6) is -0.555. The molecule has 2 heterocycles. The highest BCUT2D eigenvalue weighted by atomic mass is 16.3. The fourth-order valence-corrected chi connectivity index (χ4v) is 3.54. The number of rotatable bonds is 6. The maximum atomic E-state index is 12.7. The first-order valence-corrected chi connectivity index (χ1v) is 10.3. The Morgan fingerprint density at radius 3 is 2.73 bits per heavy atom. The second kappa shape index (κ2) is 8.91. The number of amides is 3. The Morgan fingerprint density at radius 1 is 1.21 bits per heavy atom. The predicted molar refractivity (Wildman–Crippen MR) is 123 cm³/mol. The first kappa shape index (κ1) is 21.7. The van der Waals surface area contributed by atoms with Gasteiger partial charge in [0.15, 0.2) is 0 Å². The SMILES string of the molecule is C=C1NC(=O)NC(C(=O)N[C@H](C)c2cc(-c3cnn(Cc4ccccc4)c3)ccc2O)=C1N. The van der Waals surface area contributed by atoms with E-state index in [1.165, 1.54) is 0 Å². The van der Waals surface area contributed by atoms with E-state index in [9.17, 15) is 14.7 Å². The Balaban J connectivity index is 1.53. The van der Waals surface area contributed by atoms with Crippen molar-refractivity contribution in [2.45, 2.75) is 19.5 Å². The molecule has 1 aromatic heterocycles. The van der Waals surface area contributed by atoms with Crippen LogP contribution in [0.3, 0.4) is 0 Å². The number of urea groups is 1. The molecule has 4 rings (SSSR count). The van der Waals surface area contributed by atoms with Crippen molar-refractivity contribution in [3.05, 3.63) is 95.7 Å². The fraction of sp³-hybridized carbons (Fsp3) is 0.125. The summed E-state index contributed by atoms with van der Waals surface area (Å²) in [6, 6.07) is 14.0. The summed E-state index contributed by atoms with van der Waals surface area (Å²) in [6.07, 6.45) is 3.68. The molecule has 0 saturated carbocycles. The lowest BCUT2D eigenvalue weighted by Gasteiger charge is -2.23. The monoisotopic (exact) mass is 444 g/mol. The van der Waals surface area contributed by atoms with Crippen LogP contribution in [0, 0.1) is 0 Å². The van der Waals surface area contributed by atoms with Gasteiger partial charge >= 0.3 is 6.03 Å². The Bertz CT molecular complexity index is 1260. The molecule has 3 amide bonds. The zero-order valence-corrected chi connectivity index (χ0v) is 18.0. The van der Waals surface area contributed by atoms with Crippen molar-refractivity contribution in [2.75, 3.05) is 0 Å². The number of nitrogens with zero attached hydrogens (tertiary/aromatic N) is 2. The van der Waals surface area contributed by atoms with Crippen LogP contribution >= 0.6 is 0 Å². The Hall–Kier alpha value is -4.53. The molecule has 0 saturated heterocycles. The van der Waals surface area contributed by atoms with Crippen molar-refractivity contribution in [3.63, 3.8) is 0 Å². The van der Waals surface area contributed by atoms with Crippen LogP contribution in [0.15, 0.2) is 84.6 Å². The van der Waals surface area contributed by atoms with Crippen molar-refractivity contribution in [1.29, 1.82) is 0 Å². The molecule has 0 aliphatic carbocycles. The molecule has 3 aromatic rings. The minimum Gasteiger partial charge on any atom is -0.508 e. The number of carbonyl (C=O) groups is 2. The molecule has 9 heteroatoms. The van der Waals surface area contributed by atoms with E-state index in [1.807, 2.05) is 41.2 Å². The van der Waals surface area contributed by atoms with Gasteiger partial charge in [0.05, 0.1) is 30.2 Å². The minimum absolute atomic E-state index is 0.0314. The Labute approximate surface area is 190 Å². The van der Waals surface area contributed by atoms with Crippen LogP contribution in [-0.4, -0.2) is 26.8 Å². The molecule has 9 nitrogen and oxygen atoms in total. The first-order chi connectivity index (χ1) is 15.8. The number of benzene rings is 2. The smallest absolute Gasteiger partial charge is 0.323 e. The average Bonchev–Trinajstić information content (AvgIpc) is 3.25. The van der Waals surface area contributed by atoms with Crippen molar-refractivity contribution in [3.8, 4) is 16.9 Å². The van der Waals surface area contributed by atoms with Gasteiger partial charge in [0.2, 0.25) is 0 Å². The summed E-state index contributed by atoms with van der Waals surface area (Å²) in [6.45, 7) is 5.99. The van der Waals surface area contributed by atoms with E-state index in [2.05, 4.69) is 27.6 Å². The largest absolute Gasteiger partial charge is 0.508 e. The van der Waals surface area contributed by atoms with Crippen LogP contribution in [0.5, 0.6) is 5.75 Å². The Kier molecular flexibility index (Phi) is 5.86. The zero-order valence-electron chi connectivity index (χ0n) is 18.0. The number of hydrogen-bond donors (Lipinski definition) is 5. The highest BCUT2D eigenvalue weighted by Crippen LogP contribution is 2.30. The molecular formula is C24H24N6O3. The number of nitrogens with two attached hydrogens (primary N) is 1. The van der Waals surface area contributed by atoms with Gasteiger partial charge in [0.1, 0.15) is 11.4 Å². The number of aromatic hydroxyl groups is 1. The molecule has 1 aliphatic heterocycles. The molecule has 6 N–H and O–H groups in total. The van der Waals surface area contributed by atoms with Gasteiger partial charge in [-0.15, -0.1) is 0 Å². The molecule has 1 aliphatic rings. The van der Waals surface area contributed by atoms with E-state index in [0.29, 0.717) is 12.1 Å². The first-order valence-electron chi connectivity index (χ1n) is 10.3. The highest BCUT2D eigenvalue weighted by Gasteiger charge is 2.25. The van der Waals surface area contributed by atoms with E-state index in [1.54, 1.807) is 31.3 Å². The number of phenolic OH excluding ortho intramolecular Hbond substituents is 1. The van der Waals surface area contributed by atoms with Gasteiger partial charge in [-0.1, -0.05) is 43.0 Å². The maximum Gasteiger partial charge on any atom is 0.323 e. The van der Waals surface area contributed by atoms with E-state index < -0.39 is 18.0 Å². The van der Waals surface area contributed by atoms with Crippen molar-refractivity contribution >= 4 is 11.9 Å². The summed E-state index contributed by atoms with van der Waals surface area (Å²) in [5.41, 5.74) is 9.33. The molecule has 2 aromatic carbocycles. The summed E-state index contributed by atoms with van der Waals surface area (Å²) < 4.78 is 1.84. The van der Waals surface area contributed by atoms with Gasteiger partial charge < -0.3 is 26.8 Å². The molecule has 0 radical (unpaired) electrons. The van der Waals surface area contributed by atoms with Gasteiger partial charge in [0.25, 0.3) is 5.91 Å². The van der Waals surface area contributed by atoms with Crippen LogP contribution in [0.25, 0.3) is 11.1 Å². The predicted octanol–water partition coefficient (Wildman–Crippen LogP) is 2.48. The molecule has 0 fully saturated rings. The fourth-order valence-electron chi connectivity index (χ4n) is 3.54. The van der Waals surface area contributed by atoms with E-state index in [-0.39, 0.29) is 22.8 Å². The number of phenols is 1. The topological polar surface area (TPSA) is 134 Å². The lowest BCUT2D eigenvalue weighted by molar-refractivity contribution is -0.118. The van der Waals surface area contributed by atoms with Gasteiger partial charge in [-0.25, -0.2) is 4.79 Å². The van der Waals surface area contributed by atoms with Gasteiger partial charge in [0, 0.05) is 17.3 Å². The molecule has 0 spiro atoms. The third-order valence-electron chi connectivity index (χ3n) is 5.32.